The summed E-state index contributed by atoms with van der Waals surface area (Å²) in [5.74, 6) is 0. The Morgan fingerprint density at radius 2 is 2.00 bits per heavy atom. The number of hydrogen-bond acceptors (Lipinski definition) is 2. The maximum absolute atomic E-state index is 12.6. The van der Waals surface area contributed by atoms with Gasteiger partial charge in [0.15, 0.2) is 0 Å². The monoisotopic (exact) mass is 234 g/mol. The third-order valence-corrected chi connectivity index (χ3v) is 2.24. The maximum atomic E-state index is 12.6. The molecule has 0 rings (SSSR count). The second-order valence-corrected chi connectivity index (χ2v) is 3.39. The van der Waals surface area contributed by atoms with Crippen molar-refractivity contribution in [3.63, 3.8) is 0 Å². The predicted molar refractivity (Wildman–Crippen MR) is 67.4 cm³/mol. The molecule has 1 unspecified atom stereocenters. The van der Waals surface area contributed by atoms with Crippen molar-refractivity contribution in [3.8, 4) is 0 Å². The Labute approximate surface area is 97.6 Å². The van der Waals surface area contributed by atoms with Crippen LogP contribution in [0.15, 0.2) is 17.1 Å². The Kier molecular flexibility index (Phi) is 10.4. The molecule has 16 heavy (non-hydrogen) atoms. The Morgan fingerprint density at radius 1 is 1.50 bits per heavy atom. The van der Waals surface area contributed by atoms with Crippen LogP contribution >= 0.6 is 0 Å². The topological polar surface area (TPSA) is 38.4 Å². The van der Waals surface area contributed by atoms with E-state index in [2.05, 4.69) is 11.6 Å². The zero-order chi connectivity index (χ0) is 13.2. The van der Waals surface area contributed by atoms with Crippen molar-refractivity contribution in [2.45, 2.75) is 52.5 Å². The van der Waals surface area contributed by atoms with Gasteiger partial charge in [0.1, 0.15) is 0 Å². The number of hydrogen-bond donors (Lipinski definition) is 1. The van der Waals surface area contributed by atoms with Crippen LogP contribution in [0.25, 0.3) is 0 Å². The van der Waals surface area contributed by atoms with Gasteiger partial charge in [-0.05, 0) is 32.9 Å². The van der Waals surface area contributed by atoms with Crippen LogP contribution in [0.2, 0.25) is 0 Å². The van der Waals surface area contributed by atoms with Crippen molar-refractivity contribution in [2.24, 2.45) is 10.7 Å². The Bertz CT molecular complexity index is 215. The number of alkyl halides is 2. The molecule has 0 saturated carbocycles. The van der Waals surface area contributed by atoms with Gasteiger partial charge in [-0.15, -0.1) is 0 Å². The minimum Gasteiger partial charge on any atom is -0.317 e. The lowest BCUT2D eigenvalue weighted by molar-refractivity contribution is 0.0680. The molecule has 2 N–H and O–H groups in total. The first-order chi connectivity index (χ1) is 7.45. The molecule has 0 saturated heterocycles. The van der Waals surface area contributed by atoms with Gasteiger partial charge in [0.2, 0.25) is 0 Å². The Hall–Kier alpha value is -0.770. The SMILES string of the molecule is C=C(C)C(N)(CCCN=CC)C(F)F.CC. The average Bonchev–Trinajstić information content (AvgIpc) is 2.26. The molecule has 0 aromatic heterocycles. The predicted octanol–water partition coefficient (Wildman–Crippen LogP) is 3.42. The van der Waals surface area contributed by atoms with E-state index in [1.54, 1.807) is 13.1 Å². The van der Waals surface area contributed by atoms with Gasteiger partial charge in [0.05, 0.1) is 5.54 Å². The molecular formula is C12H24F2N2. The summed E-state index contributed by atoms with van der Waals surface area (Å²) in [6, 6.07) is 0. The van der Waals surface area contributed by atoms with Gasteiger partial charge in [0.25, 0.3) is 6.43 Å². The molecule has 0 radical (unpaired) electrons. The van der Waals surface area contributed by atoms with Crippen LogP contribution in [0.5, 0.6) is 0 Å². The van der Waals surface area contributed by atoms with Crippen LogP contribution in [0.4, 0.5) is 8.78 Å². The smallest absolute Gasteiger partial charge is 0.260 e. The number of nitrogens with zero attached hydrogens (tertiary/aromatic N) is 1. The summed E-state index contributed by atoms with van der Waals surface area (Å²) >= 11 is 0. The number of aliphatic imine (C=N–C) groups is 1. The van der Waals surface area contributed by atoms with Crippen molar-refractivity contribution in [2.75, 3.05) is 6.54 Å². The highest BCUT2D eigenvalue weighted by Gasteiger charge is 2.35. The van der Waals surface area contributed by atoms with E-state index in [1.165, 1.54) is 6.92 Å². The standard InChI is InChI=1S/C10H18F2N2.C2H6/c1-4-14-7-5-6-10(13,8(2)3)9(11)12;1-2/h4,9H,2,5-7,13H2,1,3H3;1-2H3. The molecule has 4 heteroatoms. The fourth-order valence-corrected chi connectivity index (χ4v) is 1.10. The summed E-state index contributed by atoms with van der Waals surface area (Å²) < 4.78 is 25.2. The van der Waals surface area contributed by atoms with Crippen LogP contribution in [-0.2, 0) is 0 Å². The van der Waals surface area contributed by atoms with Gasteiger partial charge in [-0.3, -0.25) is 4.99 Å². The molecule has 0 spiro atoms. The van der Waals surface area contributed by atoms with Crippen molar-refractivity contribution >= 4 is 6.21 Å². The Balaban J connectivity index is 0. The fourth-order valence-electron chi connectivity index (χ4n) is 1.10. The van der Waals surface area contributed by atoms with E-state index in [4.69, 9.17) is 5.73 Å². The lowest BCUT2D eigenvalue weighted by Gasteiger charge is -2.28. The first-order valence-corrected chi connectivity index (χ1v) is 5.62. The van der Waals surface area contributed by atoms with Crippen LogP contribution < -0.4 is 5.73 Å². The minimum atomic E-state index is -2.56. The van der Waals surface area contributed by atoms with Crippen LogP contribution in [0.3, 0.4) is 0 Å². The fraction of sp³-hybridized carbons (Fsp3) is 0.750. The van der Waals surface area contributed by atoms with E-state index in [0.717, 1.165) is 0 Å². The zero-order valence-corrected chi connectivity index (χ0v) is 10.8. The van der Waals surface area contributed by atoms with Gasteiger partial charge in [-0.1, -0.05) is 26.0 Å². The summed E-state index contributed by atoms with van der Waals surface area (Å²) in [6.07, 6.45) is -0.137. The normalized spacial score (nSPS) is 14.5. The molecule has 0 fully saturated rings. The molecule has 2 nitrogen and oxygen atoms in total. The van der Waals surface area contributed by atoms with E-state index >= 15 is 0 Å². The maximum Gasteiger partial charge on any atom is 0.260 e. The van der Waals surface area contributed by atoms with Gasteiger partial charge >= 0.3 is 0 Å². The molecule has 0 amide bonds. The second-order valence-electron chi connectivity index (χ2n) is 3.39. The lowest BCUT2D eigenvalue weighted by Crippen LogP contribution is -2.48. The van der Waals surface area contributed by atoms with Crippen molar-refractivity contribution < 1.29 is 8.78 Å². The van der Waals surface area contributed by atoms with Crippen LogP contribution in [-0.4, -0.2) is 24.7 Å². The highest BCUT2D eigenvalue weighted by Crippen LogP contribution is 2.25. The van der Waals surface area contributed by atoms with E-state index < -0.39 is 12.0 Å². The first-order valence-electron chi connectivity index (χ1n) is 5.62. The summed E-state index contributed by atoms with van der Waals surface area (Å²) in [7, 11) is 0. The summed E-state index contributed by atoms with van der Waals surface area (Å²) in [6.45, 7) is 11.4. The summed E-state index contributed by atoms with van der Waals surface area (Å²) in [5.41, 5.74) is 4.34. The van der Waals surface area contributed by atoms with Crippen molar-refractivity contribution in [3.05, 3.63) is 12.2 Å². The molecule has 0 aliphatic carbocycles. The number of nitrogens with two attached hydrogens (primary N) is 1. The van der Waals surface area contributed by atoms with E-state index in [1.807, 2.05) is 13.8 Å². The number of rotatable bonds is 6. The molecule has 96 valence electrons. The lowest BCUT2D eigenvalue weighted by atomic mass is 9.88. The highest BCUT2D eigenvalue weighted by atomic mass is 19.3. The van der Waals surface area contributed by atoms with E-state index in [9.17, 15) is 8.78 Å². The molecule has 0 bridgehead atoms. The summed E-state index contributed by atoms with van der Waals surface area (Å²) in [4.78, 5) is 3.94. The van der Waals surface area contributed by atoms with Gasteiger partial charge < -0.3 is 5.73 Å². The minimum absolute atomic E-state index is 0.220. The third-order valence-electron chi connectivity index (χ3n) is 2.24. The first kappa shape index (κ1) is 17.6. The summed E-state index contributed by atoms with van der Waals surface area (Å²) in [5, 5.41) is 0. The van der Waals surface area contributed by atoms with Crippen molar-refractivity contribution in [1.29, 1.82) is 0 Å². The van der Waals surface area contributed by atoms with E-state index in [0.29, 0.717) is 18.5 Å². The molecule has 1 atom stereocenters. The molecule has 0 aliphatic heterocycles. The average molecular weight is 234 g/mol. The van der Waals surface area contributed by atoms with Gasteiger partial charge in [0, 0.05) is 6.54 Å². The highest BCUT2D eigenvalue weighted by molar-refractivity contribution is 5.53. The van der Waals surface area contributed by atoms with E-state index in [-0.39, 0.29) is 6.42 Å². The molecule has 0 aromatic rings. The van der Waals surface area contributed by atoms with Gasteiger partial charge in [-0.2, -0.15) is 0 Å². The van der Waals surface area contributed by atoms with Crippen LogP contribution in [0.1, 0.15) is 40.5 Å². The second kappa shape index (κ2) is 9.46. The van der Waals surface area contributed by atoms with Gasteiger partial charge in [-0.25, -0.2) is 8.78 Å². The van der Waals surface area contributed by atoms with Crippen molar-refractivity contribution in [1.82, 2.24) is 0 Å². The number of halogens is 2. The molecule has 0 aliphatic rings. The Morgan fingerprint density at radius 3 is 2.31 bits per heavy atom. The quantitative estimate of drug-likeness (QED) is 0.427. The van der Waals surface area contributed by atoms with Crippen LogP contribution in [0, 0.1) is 0 Å². The molecule has 0 heterocycles. The third kappa shape index (κ3) is 5.95. The largest absolute Gasteiger partial charge is 0.317 e. The molecular weight excluding hydrogens is 210 g/mol. The zero-order valence-electron chi connectivity index (χ0n) is 10.8. The molecule has 0 aromatic carbocycles.